The number of aromatic nitrogens is 3. The zero-order chi connectivity index (χ0) is 25.4. The fourth-order valence-corrected chi connectivity index (χ4v) is 3.51. The van der Waals surface area contributed by atoms with Crippen molar-refractivity contribution in [1.82, 2.24) is 14.4 Å². The molecule has 4 rings (SSSR count). The van der Waals surface area contributed by atoms with E-state index in [-0.39, 0.29) is 22.5 Å². The van der Waals surface area contributed by atoms with Gasteiger partial charge in [-0.15, -0.1) is 13.2 Å². The number of imidazole rings is 1. The van der Waals surface area contributed by atoms with Gasteiger partial charge < -0.3 is 14.8 Å². The number of methoxy groups -OCH3 is 1. The Morgan fingerprint density at radius 2 is 1.74 bits per heavy atom. The van der Waals surface area contributed by atoms with Gasteiger partial charge in [0.05, 0.1) is 30.3 Å². The molecule has 10 heteroatoms. The van der Waals surface area contributed by atoms with Crippen molar-refractivity contribution >= 4 is 17.4 Å². The zero-order valence-corrected chi connectivity index (χ0v) is 19.5. The molecule has 0 radical (unpaired) electrons. The second-order valence-corrected chi connectivity index (χ2v) is 8.84. The maximum absolute atomic E-state index is 13.1. The van der Waals surface area contributed by atoms with Crippen LogP contribution in [0.5, 0.6) is 11.5 Å². The Morgan fingerprint density at radius 3 is 2.37 bits per heavy atom. The molecule has 2 aromatic carbocycles. The van der Waals surface area contributed by atoms with Crippen molar-refractivity contribution in [3.8, 4) is 22.6 Å². The van der Waals surface area contributed by atoms with E-state index in [2.05, 4.69) is 20.0 Å². The number of alkyl halides is 3. The lowest BCUT2D eigenvalue weighted by Crippen LogP contribution is -2.17. The maximum atomic E-state index is 13.1. The van der Waals surface area contributed by atoms with Gasteiger partial charge >= 0.3 is 6.36 Å². The molecule has 7 nitrogen and oxygen atoms in total. The van der Waals surface area contributed by atoms with E-state index in [1.807, 2.05) is 27.0 Å². The number of hydrogen-bond acceptors (Lipinski definition) is 5. The number of nitrogens with one attached hydrogen (secondary N) is 1. The summed E-state index contributed by atoms with van der Waals surface area (Å²) >= 11 is 0. The normalized spacial score (nSPS) is 12.0. The van der Waals surface area contributed by atoms with E-state index >= 15 is 0 Å². The third-order valence-electron chi connectivity index (χ3n) is 5.20. The first-order chi connectivity index (χ1) is 16.4. The van der Waals surface area contributed by atoms with E-state index in [1.54, 1.807) is 28.8 Å². The standard InChI is InChI=1S/C25H23F3N4O3/c1-24(2,3)20-14-32-13-16(12-29-23(32)31-20)30-22(33)19-7-5-6-18(21(19)34-4)15-8-10-17(11-9-15)35-25(26,27)28/h5-14H,1-4H3,(H,30,33). The number of ether oxygens (including phenoxy) is 2. The number of halogens is 3. The summed E-state index contributed by atoms with van der Waals surface area (Å²) in [4.78, 5) is 21.9. The first kappa shape index (κ1) is 24.1. The van der Waals surface area contributed by atoms with Crippen LogP contribution in [0.3, 0.4) is 0 Å². The number of carbonyl (C=O) groups is 1. The van der Waals surface area contributed by atoms with Gasteiger partial charge in [0.15, 0.2) is 0 Å². The SMILES string of the molecule is COc1c(C(=O)Nc2cnc3nc(C(C)(C)C)cn3c2)cccc1-c1ccc(OC(F)(F)F)cc1. The average Bonchev–Trinajstić information content (AvgIpc) is 3.22. The Hall–Kier alpha value is -4.08. The summed E-state index contributed by atoms with van der Waals surface area (Å²) in [7, 11) is 1.42. The predicted octanol–water partition coefficient (Wildman–Crippen LogP) is 5.85. The van der Waals surface area contributed by atoms with Crippen molar-refractivity contribution in [2.45, 2.75) is 32.5 Å². The molecule has 182 valence electrons. The minimum atomic E-state index is -4.78. The van der Waals surface area contributed by atoms with Crippen LogP contribution in [-0.4, -0.2) is 33.7 Å². The number of benzene rings is 2. The quantitative estimate of drug-likeness (QED) is 0.384. The van der Waals surface area contributed by atoms with Crippen molar-refractivity contribution in [2.24, 2.45) is 0 Å². The molecule has 0 fully saturated rings. The monoisotopic (exact) mass is 484 g/mol. The summed E-state index contributed by atoms with van der Waals surface area (Å²) < 4.78 is 48.5. The van der Waals surface area contributed by atoms with Gasteiger partial charge in [-0.3, -0.25) is 9.20 Å². The molecule has 35 heavy (non-hydrogen) atoms. The lowest BCUT2D eigenvalue weighted by molar-refractivity contribution is -0.274. The molecule has 0 unspecified atom stereocenters. The van der Waals surface area contributed by atoms with Crippen molar-refractivity contribution in [2.75, 3.05) is 12.4 Å². The van der Waals surface area contributed by atoms with Crippen LogP contribution in [0.1, 0.15) is 36.8 Å². The third kappa shape index (κ3) is 5.37. The molecule has 0 aliphatic carbocycles. The summed E-state index contributed by atoms with van der Waals surface area (Å²) in [6, 6.07) is 10.3. The van der Waals surface area contributed by atoms with E-state index in [0.29, 0.717) is 22.6 Å². The molecule has 0 aliphatic rings. The summed E-state index contributed by atoms with van der Waals surface area (Å²) in [6.07, 6.45) is 0.325. The molecule has 0 saturated heterocycles. The highest BCUT2D eigenvalue weighted by Gasteiger charge is 2.31. The molecular formula is C25H23F3N4O3. The van der Waals surface area contributed by atoms with Gasteiger partial charge in [0.2, 0.25) is 5.78 Å². The average molecular weight is 484 g/mol. The Bertz CT molecular complexity index is 1370. The zero-order valence-electron chi connectivity index (χ0n) is 19.5. The van der Waals surface area contributed by atoms with Gasteiger partial charge in [-0.05, 0) is 23.8 Å². The fourth-order valence-electron chi connectivity index (χ4n) is 3.51. The second kappa shape index (κ2) is 8.94. The van der Waals surface area contributed by atoms with Crippen LogP contribution in [-0.2, 0) is 5.41 Å². The number of para-hydroxylation sites is 1. The van der Waals surface area contributed by atoms with Crippen LogP contribution in [0, 0.1) is 0 Å². The third-order valence-corrected chi connectivity index (χ3v) is 5.20. The Balaban J connectivity index is 1.61. The summed E-state index contributed by atoms with van der Waals surface area (Å²) in [6.45, 7) is 6.15. The van der Waals surface area contributed by atoms with Crippen LogP contribution in [0.25, 0.3) is 16.9 Å². The minimum Gasteiger partial charge on any atom is -0.495 e. The first-order valence-electron chi connectivity index (χ1n) is 10.6. The van der Waals surface area contributed by atoms with Crippen molar-refractivity contribution in [3.63, 3.8) is 0 Å². The molecule has 2 heterocycles. The Labute approximate surface area is 199 Å². The summed E-state index contributed by atoms with van der Waals surface area (Å²) in [5, 5.41) is 2.81. The number of nitrogens with zero attached hydrogens (tertiary/aromatic N) is 3. The summed E-state index contributed by atoms with van der Waals surface area (Å²) in [5.41, 5.74) is 2.53. The van der Waals surface area contributed by atoms with Gasteiger partial charge in [0, 0.05) is 23.4 Å². The Morgan fingerprint density at radius 1 is 1.03 bits per heavy atom. The lowest BCUT2D eigenvalue weighted by atomic mass is 9.93. The van der Waals surface area contributed by atoms with Crippen LogP contribution in [0.4, 0.5) is 18.9 Å². The highest BCUT2D eigenvalue weighted by Crippen LogP contribution is 2.35. The molecule has 4 aromatic rings. The van der Waals surface area contributed by atoms with E-state index in [1.165, 1.54) is 37.6 Å². The van der Waals surface area contributed by atoms with E-state index in [4.69, 9.17) is 4.74 Å². The van der Waals surface area contributed by atoms with Crippen molar-refractivity contribution in [1.29, 1.82) is 0 Å². The largest absolute Gasteiger partial charge is 0.573 e. The van der Waals surface area contributed by atoms with Crippen LogP contribution >= 0.6 is 0 Å². The maximum Gasteiger partial charge on any atom is 0.573 e. The van der Waals surface area contributed by atoms with Crippen molar-refractivity contribution < 1.29 is 27.4 Å². The second-order valence-electron chi connectivity index (χ2n) is 8.84. The van der Waals surface area contributed by atoms with E-state index in [0.717, 1.165) is 5.69 Å². The highest BCUT2D eigenvalue weighted by molar-refractivity contribution is 6.07. The van der Waals surface area contributed by atoms with Crippen LogP contribution < -0.4 is 14.8 Å². The molecular weight excluding hydrogens is 461 g/mol. The van der Waals surface area contributed by atoms with Gasteiger partial charge in [0.1, 0.15) is 11.5 Å². The van der Waals surface area contributed by atoms with Gasteiger partial charge in [-0.1, -0.05) is 45.0 Å². The number of rotatable bonds is 5. The number of amides is 1. The molecule has 0 bridgehead atoms. The molecule has 1 N–H and O–H groups in total. The topological polar surface area (TPSA) is 77.8 Å². The highest BCUT2D eigenvalue weighted by atomic mass is 19.4. The Kier molecular flexibility index (Phi) is 6.14. The molecule has 0 atom stereocenters. The lowest BCUT2D eigenvalue weighted by Gasteiger charge is -2.14. The van der Waals surface area contributed by atoms with Gasteiger partial charge in [0.25, 0.3) is 5.91 Å². The van der Waals surface area contributed by atoms with Crippen LogP contribution in [0.2, 0.25) is 0 Å². The van der Waals surface area contributed by atoms with Gasteiger partial charge in [-0.2, -0.15) is 0 Å². The first-order valence-corrected chi connectivity index (χ1v) is 10.6. The molecule has 0 saturated carbocycles. The molecule has 0 aliphatic heterocycles. The minimum absolute atomic E-state index is 0.151. The van der Waals surface area contributed by atoms with E-state index in [9.17, 15) is 18.0 Å². The van der Waals surface area contributed by atoms with Crippen molar-refractivity contribution in [3.05, 3.63) is 72.3 Å². The molecule has 2 aromatic heterocycles. The number of carbonyl (C=O) groups excluding carboxylic acids is 1. The number of hydrogen-bond donors (Lipinski definition) is 1. The van der Waals surface area contributed by atoms with Crippen LogP contribution in [0.15, 0.2) is 61.1 Å². The number of fused-ring (bicyclic) bond motifs is 1. The predicted molar refractivity (Wildman–Crippen MR) is 125 cm³/mol. The number of anilines is 1. The smallest absolute Gasteiger partial charge is 0.495 e. The molecule has 0 spiro atoms. The fraction of sp³-hybridized carbons (Fsp3) is 0.240. The van der Waals surface area contributed by atoms with E-state index < -0.39 is 12.3 Å². The molecule has 1 amide bonds. The van der Waals surface area contributed by atoms with Gasteiger partial charge in [-0.25, -0.2) is 9.97 Å². The summed E-state index contributed by atoms with van der Waals surface area (Å²) in [5.74, 6) is 0.0239.